The number of hydroxylamine groups is 1. The Morgan fingerprint density at radius 1 is 0.897 bits per heavy atom. The van der Waals surface area contributed by atoms with Gasteiger partial charge in [-0.1, -0.05) is 24.0 Å². The van der Waals surface area contributed by atoms with E-state index in [1.807, 2.05) is 0 Å². The number of hydrogen-bond acceptors (Lipinski definition) is 6. The van der Waals surface area contributed by atoms with Crippen LogP contribution in [-0.2, 0) is 9.59 Å². The van der Waals surface area contributed by atoms with Gasteiger partial charge in [0.05, 0.1) is 18.3 Å². The predicted molar refractivity (Wildman–Crippen MR) is 143 cm³/mol. The zero-order valence-corrected chi connectivity index (χ0v) is 20.8. The van der Waals surface area contributed by atoms with Crippen molar-refractivity contribution in [2.45, 2.75) is 19.1 Å². The van der Waals surface area contributed by atoms with E-state index in [9.17, 15) is 23.9 Å². The third-order valence-electron chi connectivity index (χ3n) is 5.27. The second kappa shape index (κ2) is 14.0. The molecular weight excluding hydrogens is 503 g/mol. The summed E-state index contributed by atoms with van der Waals surface area (Å²) < 4.78 is 13.6. The number of aliphatic hydroxyl groups excluding tert-OH is 1. The molecule has 0 aliphatic rings. The van der Waals surface area contributed by atoms with Gasteiger partial charge in [0.1, 0.15) is 11.9 Å². The quantitative estimate of drug-likeness (QED) is 0.151. The summed E-state index contributed by atoms with van der Waals surface area (Å²) in [7, 11) is 0. The van der Waals surface area contributed by atoms with Gasteiger partial charge in [-0.25, -0.2) is 9.87 Å². The first-order chi connectivity index (χ1) is 18.8. The Morgan fingerprint density at radius 2 is 1.49 bits per heavy atom. The average Bonchev–Trinajstić information content (AvgIpc) is 2.94. The van der Waals surface area contributed by atoms with E-state index in [-0.39, 0.29) is 23.7 Å². The molecule has 3 rings (SSSR count). The second-order valence-electron chi connectivity index (χ2n) is 8.20. The molecule has 0 saturated carbocycles. The first-order valence-corrected chi connectivity index (χ1v) is 11.7. The standard InChI is InChI=1S/C29H25FN4O5/c1-19(35)27(29(38)34-39)33-28(37)22-14-10-20(11-15-22)6-2-3-7-21-12-16-23(17-13-21)32-26(36)18-31-25-9-5-4-8-24(25)30/h4-5,8-17,19,27,31,35,39H,18H2,1H3,(H,32,36)(H,33,37)(H,34,38)/t19-,27+/m1/s1. The Balaban J connectivity index is 1.51. The summed E-state index contributed by atoms with van der Waals surface area (Å²) in [6.07, 6.45) is -1.21. The number of carbonyl (C=O) groups is 3. The third kappa shape index (κ3) is 8.72. The van der Waals surface area contributed by atoms with E-state index in [0.29, 0.717) is 16.8 Å². The molecule has 0 heterocycles. The van der Waals surface area contributed by atoms with Crippen LogP contribution < -0.4 is 21.4 Å². The number of nitrogens with one attached hydrogen (secondary N) is 4. The largest absolute Gasteiger partial charge is 0.391 e. The van der Waals surface area contributed by atoms with Crippen molar-refractivity contribution in [2.75, 3.05) is 17.2 Å². The molecule has 0 aliphatic carbocycles. The summed E-state index contributed by atoms with van der Waals surface area (Å²) in [5, 5.41) is 26.2. The van der Waals surface area contributed by atoms with Crippen molar-refractivity contribution >= 4 is 29.1 Å². The summed E-state index contributed by atoms with van der Waals surface area (Å²) in [5.74, 6) is 8.88. The molecule has 0 aromatic heterocycles. The molecule has 3 aromatic rings. The molecule has 0 radical (unpaired) electrons. The number of aliphatic hydroxyl groups is 1. The number of rotatable bonds is 8. The van der Waals surface area contributed by atoms with Crippen molar-refractivity contribution in [2.24, 2.45) is 0 Å². The average molecular weight is 529 g/mol. The fourth-order valence-corrected chi connectivity index (χ4v) is 3.23. The first kappa shape index (κ1) is 28.4. The predicted octanol–water partition coefficient (Wildman–Crippen LogP) is 2.26. The molecule has 0 spiro atoms. The molecule has 3 amide bonds. The van der Waals surface area contributed by atoms with Gasteiger partial charge in [0.25, 0.3) is 11.8 Å². The summed E-state index contributed by atoms with van der Waals surface area (Å²) in [6.45, 7) is 1.22. The Morgan fingerprint density at radius 3 is 2.05 bits per heavy atom. The van der Waals surface area contributed by atoms with Crippen molar-refractivity contribution in [1.82, 2.24) is 10.8 Å². The van der Waals surface area contributed by atoms with E-state index >= 15 is 0 Å². The number of para-hydroxylation sites is 1. The van der Waals surface area contributed by atoms with E-state index in [4.69, 9.17) is 5.21 Å². The van der Waals surface area contributed by atoms with Gasteiger partial charge in [0, 0.05) is 22.4 Å². The molecule has 0 bridgehead atoms. The van der Waals surface area contributed by atoms with E-state index in [2.05, 4.69) is 39.6 Å². The highest BCUT2D eigenvalue weighted by Gasteiger charge is 2.25. The van der Waals surface area contributed by atoms with Crippen molar-refractivity contribution in [3.8, 4) is 23.7 Å². The molecule has 10 heteroatoms. The normalized spacial score (nSPS) is 11.4. The van der Waals surface area contributed by atoms with Crippen LogP contribution in [0.3, 0.4) is 0 Å². The molecule has 198 valence electrons. The van der Waals surface area contributed by atoms with Crippen LogP contribution >= 0.6 is 0 Å². The van der Waals surface area contributed by atoms with Crippen LogP contribution in [0, 0.1) is 29.5 Å². The molecule has 6 N–H and O–H groups in total. The zero-order valence-electron chi connectivity index (χ0n) is 20.8. The van der Waals surface area contributed by atoms with Crippen molar-refractivity contribution < 1.29 is 29.1 Å². The summed E-state index contributed by atoms with van der Waals surface area (Å²) in [5.41, 5.74) is 3.72. The number of hydrogen-bond donors (Lipinski definition) is 6. The highest BCUT2D eigenvalue weighted by atomic mass is 19.1. The minimum atomic E-state index is -1.31. The number of benzene rings is 3. The molecule has 0 saturated heterocycles. The molecule has 39 heavy (non-hydrogen) atoms. The number of halogens is 1. The van der Waals surface area contributed by atoms with Crippen LogP contribution in [0.15, 0.2) is 72.8 Å². The number of anilines is 2. The van der Waals surface area contributed by atoms with Gasteiger partial charge in [-0.2, -0.15) is 0 Å². The van der Waals surface area contributed by atoms with Gasteiger partial charge in [0.15, 0.2) is 0 Å². The number of carbonyl (C=O) groups excluding carboxylic acids is 3. The Kier molecular flexibility index (Phi) is 10.2. The third-order valence-corrected chi connectivity index (χ3v) is 5.27. The Bertz CT molecular complexity index is 1450. The fourth-order valence-electron chi connectivity index (χ4n) is 3.23. The highest BCUT2D eigenvalue weighted by molar-refractivity contribution is 5.97. The van der Waals surface area contributed by atoms with Crippen molar-refractivity contribution in [1.29, 1.82) is 0 Å². The van der Waals surface area contributed by atoms with Gasteiger partial charge in [-0.3, -0.25) is 19.6 Å². The lowest BCUT2D eigenvalue weighted by Crippen LogP contribution is -2.51. The van der Waals surface area contributed by atoms with Gasteiger partial charge >= 0.3 is 0 Å². The molecule has 0 fully saturated rings. The van der Waals surface area contributed by atoms with Crippen molar-refractivity contribution in [3.63, 3.8) is 0 Å². The molecule has 0 unspecified atom stereocenters. The van der Waals surface area contributed by atoms with Crippen LogP contribution in [0.5, 0.6) is 0 Å². The lowest BCUT2D eigenvalue weighted by Gasteiger charge is -2.19. The minimum absolute atomic E-state index is 0.0903. The molecule has 3 aromatic carbocycles. The second-order valence-corrected chi connectivity index (χ2v) is 8.20. The van der Waals surface area contributed by atoms with Crippen LogP contribution in [0.1, 0.15) is 28.4 Å². The van der Waals surface area contributed by atoms with Gasteiger partial charge in [0.2, 0.25) is 5.91 Å². The Hall–Kier alpha value is -5.16. The summed E-state index contributed by atoms with van der Waals surface area (Å²) in [4.78, 5) is 36.0. The maximum Gasteiger partial charge on any atom is 0.268 e. The molecule has 0 aliphatic heterocycles. The lowest BCUT2D eigenvalue weighted by atomic mass is 10.1. The van der Waals surface area contributed by atoms with E-state index in [0.717, 1.165) is 0 Å². The summed E-state index contributed by atoms with van der Waals surface area (Å²) >= 11 is 0. The first-order valence-electron chi connectivity index (χ1n) is 11.7. The fraction of sp³-hybridized carbons (Fsp3) is 0.138. The highest BCUT2D eigenvalue weighted by Crippen LogP contribution is 2.13. The monoisotopic (exact) mass is 528 g/mol. The Labute approximate surface area is 224 Å². The smallest absolute Gasteiger partial charge is 0.268 e. The van der Waals surface area contributed by atoms with Crippen LogP contribution in [0.4, 0.5) is 15.8 Å². The minimum Gasteiger partial charge on any atom is -0.391 e. The summed E-state index contributed by atoms with van der Waals surface area (Å²) in [6, 6.07) is 17.8. The lowest BCUT2D eigenvalue weighted by molar-refractivity contribution is -0.133. The van der Waals surface area contributed by atoms with Crippen LogP contribution in [0.2, 0.25) is 0 Å². The van der Waals surface area contributed by atoms with Crippen LogP contribution in [0.25, 0.3) is 0 Å². The van der Waals surface area contributed by atoms with Crippen LogP contribution in [-0.4, -0.2) is 46.7 Å². The van der Waals surface area contributed by atoms with Gasteiger partial charge < -0.3 is 21.1 Å². The maximum absolute atomic E-state index is 13.6. The van der Waals surface area contributed by atoms with E-state index in [1.54, 1.807) is 54.6 Å². The molecular formula is C29H25FN4O5. The van der Waals surface area contributed by atoms with Gasteiger partial charge in [-0.05, 0) is 79.4 Å². The van der Waals surface area contributed by atoms with Gasteiger partial charge in [-0.15, -0.1) is 0 Å². The molecule has 2 atom stereocenters. The molecule has 9 nitrogen and oxygen atoms in total. The zero-order chi connectivity index (χ0) is 28.2. The topological polar surface area (TPSA) is 140 Å². The maximum atomic E-state index is 13.6. The van der Waals surface area contributed by atoms with E-state index < -0.39 is 29.8 Å². The SMILES string of the molecule is C[C@@H](O)[C@H](NC(=O)c1ccc(C#CC#Cc2ccc(NC(=O)CNc3ccccc3F)cc2)cc1)C(=O)NO. The number of amides is 3. The van der Waals surface area contributed by atoms with E-state index in [1.165, 1.54) is 30.6 Å². The van der Waals surface area contributed by atoms with Crippen molar-refractivity contribution in [3.05, 3.63) is 95.3 Å².